The maximum Gasteiger partial charge on any atom is 0.331 e. The van der Waals surface area contributed by atoms with Crippen molar-refractivity contribution in [3.05, 3.63) is 53.6 Å². The van der Waals surface area contributed by atoms with Gasteiger partial charge in [-0.2, -0.15) is 0 Å². The SMILES string of the molecule is C[C@@H]1O[C@@H](O[C@@H]2[C@@H](O[C@@H]3OC[C@@H](O)[C@H](O)[C@H]3O)[C@H](OCCc3ccc(O)c(O)c3)O[C@H](CO)[C@H]2OC(=O)C=Cc2ccc(O)c(O)c2)[C@H](O)[C@H](O)[C@H]1O. The van der Waals surface area contributed by atoms with E-state index in [1.165, 1.54) is 49.4 Å². The number of aromatic hydroxyl groups is 4. The number of rotatable bonds is 12. The van der Waals surface area contributed by atoms with Crippen LogP contribution >= 0.6 is 0 Å². The molecule has 19 nitrogen and oxygen atoms in total. The molecule has 53 heavy (non-hydrogen) atoms. The van der Waals surface area contributed by atoms with Gasteiger partial charge in [-0.25, -0.2) is 4.79 Å². The van der Waals surface area contributed by atoms with Crippen molar-refractivity contribution in [3.8, 4) is 23.0 Å². The second-order valence-electron chi connectivity index (χ2n) is 12.8. The number of hydrogen-bond acceptors (Lipinski definition) is 19. The molecule has 0 bridgehead atoms. The Hall–Kier alpha value is -3.67. The summed E-state index contributed by atoms with van der Waals surface area (Å²) < 4.78 is 40.9. The van der Waals surface area contributed by atoms with Gasteiger partial charge in [-0.3, -0.25) is 0 Å². The number of benzene rings is 2. The molecule has 5 rings (SSSR count). The molecule has 0 unspecified atom stereocenters. The first-order valence-corrected chi connectivity index (χ1v) is 16.6. The molecular weight excluding hydrogens is 712 g/mol. The number of aliphatic hydroxyl groups excluding tert-OH is 7. The number of esters is 1. The van der Waals surface area contributed by atoms with E-state index in [-0.39, 0.29) is 30.1 Å². The van der Waals surface area contributed by atoms with Crippen molar-refractivity contribution in [2.75, 3.05) is 19.8 Å². The number of phenols is 4. The number of aliphatic hydroxyl groups is 7. The van der Waals surface area contributed by atoms with Crippen molar-refractivity contribution in [1.29, 1.82) is 0 Å². The van der Waals surface area contributed by atoms with Crippen LogP contribution < -0.4 is 0 Å². The van der Waals surface area contributed by atoms with Gasteiger partial charge in [-0.1, -0.05) is 12.1 Å². The minimum Gasteiger partial charge on any atom is -0.504 e. The molecule has 0 spiro atoms. The minimum atomic E-state index is -1.88. The molecule has 19 heteroatoms. The van der Waals surface area contributed by atoms with E-state index in [0.29, 0.717) is 5.56 Å². The second kappa shape index (κ2) is 17.6. The van der Waals surface area contributed by atoms with Gasteiger partial charge in [-0.05, 0) is 54.8 Å². The summed E-state index contributed by atoms with van der Waals surface area (Å²) in [6.45, 7) is -0.101. The number of carbonyl (C=O) groups is 1. The third-order valence-electron chi connectivity index (χ3n) is 8.99. The fourth-order valence-corrected chi connectivity index (χ4v) is 5.93. The molecular formula is C34H44O19. The topological polar surface area (TPSA) is 304 Å². The lowest BCUT2D eigenvalue weighted by atomic mass is 9.96. The number of hydrogen-bond donors (Lipinski definition) is 11. The van der Waals surface area contributed by atoms with Crippen LogP contribution in [0.4, 0.5) is 0 Å². The first kappa shape index (κ1) is 40.5. The maximum atomic E-state index is 13.2. The van der Waals surface area contributed by atoms with Crippen LogP contribution in [-0.4, -0.2) is 168 Å². The summed E-state index contributed by atoms with van der Waals surface area (Å²) in [5.74, 6) is -2.64. The van der Waals surface area contributed by atoms with E-state index < -0.39 is 117 Å². The fraction of sp³-hybridized carbons (Fsp3) is 0.559. The van der Waals surface area contributed by atoms with Gasteiger partial charge in [0.25, 0.3) is 0 Å². The molecule has 0 amide bonds. The maximum absolute atomic E-state index is 13.2. The lowest BCUT2D eigenvalue weighted by Gasteiger charge is -2.49. The largest absolute Gasteiger partial charge is 0.504 e. The van der Waals surface area contributed by atoms with Crippen LogP contribution in [0.3, 0.4) is 0 Å². The van der Waals surface area contributed by atoms with Gasteiger partial charge in [0, 0.05) is 6.08 Å². The molecule has 14 atom stereocenters. The first-order valence-electron chi connectivity index (χ1n) is 16.6. The minimum absolute atomic E-state index is 0.116. The molecule has 2 aromatic carbocycles. The Morgan fingerprint density at radius 3 is 2.09 bits per heavy atom. The normalized spacial score (nSPS) is 36.4. The van der Waals surface area contributed by atoms with Gasteiger partial charge in [0.15, 0.2) is 48.0 Å². The van der Waals surface area contributed by atoms with E-state index in [9.17, 15) is 61.0 Å². The van der Waals surface area contributed by atoms with Crippen LogP contribution in [0.15, 0.2) is 42.5 Å². The van der Waals surface area contributed by atoms with E-state index in [4.69, 9.17) is 33.2 Å². The van der Waals surface area contributed by atoms with Crippen molar-refractivity contribution in [2.45, 2.75) is 99.4 Å². The number of carbonyl (C=O) groups excluding carboxylic acids is 1. The van der Waals surface area contributed by atoms with E-state index >= 15 is 0 Å². The van der Waals surface area contributed by atoms with E-state index in [2.05, 4.69) is 0 Å². The van der Waals surface area contributed by atoms with Gasteiger partial charge >= 0.3 is 5.97 Å². The molecule has 11 N–H and O–H groups in total. The van der Waals surface area contributed by atoms with Gasteiger partial charge in [0.2, 0.25) is 0 Å². The first-order chi connectivity index (χ1) is 25.2. The Balaban J connectivity index is 1.48. The zero-order chi connectivity index (χ0) is 38.6. The summed E-state index contributed by atoms with van der Waals surface area (Å²) in [4.78, 5) is 13.2. The summed E-state index contributed by atoms with van der Waals surface area (Å²) in [7, 11) is 0. The molecule has 294 valence electrons. The highest BCUT2D eigenvalue weighted by Gasteiger charge is 2.55. The van der Waals surface area contributed by atoms with Crippen LogP contribution in [0.25, 0.3) is 6.08 Å². The van der Waals surface area contributed by atoms with Crippen LogP contribution in [0, 0.1) is 0 Å². The highest BCUT2D eigenvalue weighted by molar-refractivity contribution is 5.87. The molecule has 3 saturated heterocycles. The molecule has 3 aliphatic heterocycles. The quantitative estimate of drug-likeness (QED) is 0.0603. The summed E-state index contributed by atoms with van der Waals surface area (Å²) in [5.41, 5.74) is 0.800. The molecule has 0 aromatic heterocycles. The van der Waals surface area contributed by atoms with Crippen LogP contribution in [0.2, 0.25) is 0 Å². The Morgan fingerprint density at radius 2 is 1.42 bits per heavy atom. The predicted octanol–water partition coefficient (Wildman–Crippen LogP) is -2.55. The Morgan fingerprint density at radius 1 is 0.755 bits per heavy atom. The molecule has 0 aliphatic carbocycles. The predicted molar refractivity (Wildman–Crippen MR) is 174 cm³/mol. The van der Waals surface area contributed by atoms with Gasteiger partial charge in [0.05, 0.1) is 25.9 Å². The van der Waals surface area contributed by atoms with Crippen molar-refractivity contribution in [3.63, 3.8) is 0 Å². The molecule has 3 heterocycles. The van der Waals surface area contributed by atoms with Crippen LogP contribution in [0.5, 0.6) is 23.0 Å². The summed E-state index contributed by atoms with van der Waals surface area (Å²) in [5, 5.41) is 112. The van der Waals surface area contributed by atoms with Crippen LogP contribution in [-0.2, 0) is 44.4 Å². The van der Waals surface area contributed by atoms with Gasteiger partial charge < -0.3 is 89.3 Å². The smallest absolute Gasteiger partial charge is 0.331 e. The zero-order valence-corrected chi connectivity index (χ0v) is 28.2. The molecule has 0 saturated carbocycles. The fourth-order valence-electron chi connectivity index (χ4n) is 5.93. The van der Waals surface area contributed by atoms with Gasteiger partial charge in [-0.15, -0.1) is 0 Å². The molecule has 3 aliphatic rings. The average Bonchev–Trinajstić information content (AvgIpc) is 3.13. The summed E-state index contributed by atoms with van der Waals surface area (Å²) in [6, 6.07) is 7.81. The van der Waals surface area contributed by atoms with Crippen molar-refractivity contribution in [2.24, 2.45) is 0 Å². The average molecular weight is 757 g/mol. The van der Waals surface area contributed by atoms with Crippen molar-refractivity contribution in [1.82, 2.24) is 0 Å². The Bertz CT molecular complexity index is 1560. The third kappa shape index (κ3) is 9.53. The van der Waals surface area contributed by atoms with Gasteiger partial charge in [0.1, 0.15) is 54.9 Å². The monoisotopic (exact) mass is 756 g/mol. The highest BCUT2D eigenvalue weighted by Crippen LogP contribution is 2.35. The Labute approximate surface area is 302 Å². The second-order valence-corrected chi connectivity index (χ2v) is 12.8. The lowest BCUT2D eigenvalue weighted by molar-refractivity contribution is -0.385. The van der Waals surface area contributed by atoms with Crippen molar-refractivity contribution >= 4 is 12.0 Å². The number of ether oxygens (including phenoxy) is 7. The standard InChI is InChI=1S/C34H44O19/c1-14-24(42)26(44)28(46)33(49-14)52-30-29(51-23(41)7-4-15-2-5-17(36)19(38)10-15)22(12-35)50-34(47-9-8-16-3-6-18(37)20(39)11-16)31(30)53-32-27(45)25(43)21(40)13-48-32/h2-7,10-11,14,21-22,24-40,42-46H,8-9,12-13H2,1H3/t14-,21+,22+,24-,25-,26+,27+,28+,29+,30-,31+,32-,33-,34+/m0/s1. The lowest BCUT2D eigenvalue weighted by Crippen LogP contribution is -2.67. The van der Waals surface area contributed by atoms with E-state index in [1.54, 1.807) is 0 Å². The van der Waals surface area contributed by atoms with E-state index in [0.717, 1.165) is 6.08 Å². The molecule has 0 radical (unpaired) electrons. The molecule has 2 aromatic rings. The number of phenolic OH excluding ortho intramolecular Hbond substituents is 4. The highest BCUT2D eigenvalue weighted by atomic mass is 16.8. The Kier molecular flexibility index (Phi) is 13.5. The summed E-state index contributed by atoms with van der Waals surface area (Å²) >= 11 is 0. The van der Waals surface area contributed by atoms with Crippen molar-refractivity contribution < 1.29 is 94.1 Å². The van der Waals surface area contributed by atoms with Crippen LogP contribution in [0.1, 0.15) is 18.1 Å². The zero-order valence-electron chi connectivity index (χ0n) is 28.2. The molecule has 3 fully saturated rings. The summed E-state index contributed by atoms with van der Waals surface area (Å²) in [6.07, 6.45) is -20.4. The van der Waals surface area contributed by atoms with E-state index in [1.807, 2.05) is 0 Å². The third-order valence-corrected chi connectivity index (χ3v) is 8.99.